The van der Waals surface area contributed by atoms with Gasteiger partial charge in [-0.05, 0) is 42.8 Å². The molecule has 0 unspecified atom stereocenters. The highest BCUT2D eigenvalue weighted by atomic mass is 19.1. The Morgan fingerprint density at radius 1 is 1.19 bits per heavy atom. The normalized spacial score (nSPS) is 10.6. The first-order valence-electron chi connectivity index (χ1n) is 8.28. The largest absolute Gasteiger partial charge is 0.491 e. The fourth-order valence-corrected chi connectivity index (χ4v) is 2.57. The number of carbonyl (C=O) groups is 1. The third-order valence-corrected chi connectivity index (χ3v) is 4.09. The minimum atomic E-state index is -0.327. The average Bonchev–Trinajstić information content (AvgIpc) is 3.13. The van der Waals surface area contributed by atoms with Gasteiger partial charge >= 0.3 is 0 Å². The number of aromatic nitrogens is 2. The van der Waals surface area contributed by atoms with Crippen molar-refractivity contribution in [2.45, 2.75) is 6.92 Å². The number of para-hydroxylation sites is 1. The third kappa shape index (κ3) is 3.91. The van der Waals surface area contributed by atoms with Crippen molar-refractivity contribution in [1.29, 1.82) is 0 Å². The van der Waals surface area contributed by atoms with Gasteiger partial charge in [0.2, 0.25) is 0 Å². The van der Waals surface area contributed by atoms with Crippen LogP contribution in [0.2, 0.25) is 0 Å². The van der Waals surface area contributed by atoms with Crippen LogP contribution in [0.4, 0.5) is 4.39 Å². The molecule has 1 heterocycles. The quantitative estimate of drug-likeness (QED) is 0.682. The molecule has 0 spiro atoms. The summed E-state index contributed by atoms with van der Waals surface area (Å²) in [5.41, 5.74) is 2.14. The Morgan fingerprint density at radius 2 is 1.92 bits per heavy atom. The van der Waals surface area contributed by atoms with Crippen molar-refractivity contribution in [1.82, 2.24) is 14.5 Å². The molecule has 0 aliphatic heterocycles. The van der Waals surface area contributed by atoms with Crippen molar-refractivity contribution in [2.75, 3.05) is 20.2 Å². The van der Waals surface area contributed by atoms with Gasteiger partial charge in [-0.3, -0.25) is 9.36 Å². The number of carbonyl (C=O) groups excluding carboxylic acids is 1. The lowest BCUT2D eigenvalue weighted by Crippen LogP contribution is -2.32. The van der Waals surface area contributed by atoms with Gasteiger partial charge in [-0.1, -0.05) is 18.2 Å². The zero-order chi connectivity index (χ0) is 18.5. The van der Waals surface area contributed by atoms with Crippen LogP contribution >= 0.6 is 0 Å². The van der Waals surface area contributed by atoms with Gasteiger partial charge in [-0.2, -0.15) is 0 Å². The minimum absolute atomic E-state index is 0.180. The van der Waals surface area contributed by atoms with Crippen LogP contribution in [-0.4, -0.2) is 40.6 Å². The van der Waals surface area contributed by atoms with E-state index in [0.717, 1.165) is 11.3 Å². The van der Waals surface area contributed by atoms with Crippen molar-refractivity contribution < 1.29 is 13.9 Å². The van der Waals surface area contributed by atoms with Gasteiger partial charge in [0.15, 0.2) is 0 Å². The second kappa shape index (κ2) is 7.82. The number of hydrogen-bond donors (Lipinski definition) is 0. The Hall–Kier alpha value is -3.15. The van der Waals surface area contributed by atoms with Gasteiger partial charge in [0.1, 0.15) is 23.9 Å². The first-order valence-corrected chi connectivity index (χ1v) is 8.28. The lowest BCUT2D eigenvalue weighted by molar-refractivity contribution is 0.0766. The van der Waals surface area contributed by atoms with Crippen molar-refractivity contribution in [2.24, 2.45) is 0 Å². The Labute approximate surface area is 151 Å². The summed E-state index contributed by atoms with van der Waals surface area (Å²) >= 11 is 0. The van der Waals surface area contributed by atoms with E-state index in [0.29, 0.717) is 24.5 Å². The van der Waals surface area contributed by atoms with Crippen molar-refractivity contribution in [3.63, 3.8) is 0 Å². The van der Waals surface area contributed by atoms with Crippen LogP contribution in [0.1, 0.15) is 16.1 Å². The number of hydrogen-bond acceptors (Lipinski definition) is 3. The van der Waals surface area contributed by atoms with E-state index < -0.39 is 0 Å². The highest BCUT2D eigenvalue weighted by molar-refractivity contribution is 5.92. The zero-order valence-corrected chi connectivity index (χ0v) is 14.7. The van der Waals surface area contributed by atoms with Crippen LogP contribution in [0.5, 0.6) is 5.75 Å². The second-order valence-electron chi connectivity index (χ2n) is 5.97. The smallest absolute Gasteiger partial charge is 0.272 e. The Bertz CT molecular complexity index is 890. The van der Waals surface area contributed by atoms with Gasteiger partial charge in [0, 0.05) is 12.7 Å². The highest BCUT2D eigenvalue weighted by Crippen LogP contribution is 2.16. The van der Waals surface area contributed by atoms with Crippen LogP contribution < -0.4 is 4.74 Å². The molecule has 0 N–H and O–H groups in total. The number of likely N-dealkylation sites (N-methyl/N-ethyl adjacent to an activating group) is 1. The molecule has 6 heteroatoms. The zero-order valence-electron chi connectivity index (χ0n) is 14.7. The molecule has 3 aromatic rings. The summed E-state index contributed by atoms with van der Waals surface area (Å²) in [4.78, 5) is 18.3. The van der Waals surface area contributed by atoms with Crippen molar-refractivity contribution >= 4 is 5.91 Å². The van der Waals surface area contributed by atoms with E-state index in [1.807, 2.05) is 31.2 Å². The molecule has 2 aromatic carbocycles. The molecule has 0 bridgehead atoms. The van der Waals surface area contributed by atoms with E-state index in [-0.39, 0.29) is 11.7 Å². The molecule has 0 aliphatic carbocycles. The summed E-state index contributed by atoms with van der Waals surface area (Å²) in [6, 6.07) is 13.7. The van der Waals surface area contributed by atoms with E-state index in [1.165, 1.54) is 24.7 Å². The standard InChI is InChI=1S/C20H20FN3O2/c1-15-5-3-4-6-19(15)26-12-11-23(2)20(25)18-13-22-14-24(18)17-9-7-16(21)8-10-17/h3-10,13-14H,11-12H2,1-2H3. The maximum atomic E-state index is 13.1. The summed E-state index contributed by atoms with van der Waals surface area (Å²) in [6.07, 6.45) is 3.04. The van der Waals surface area contributed by atoms with E-state index in [1.54, 1.807) is 28.6 Å². The molecule has 134 valence electrons. The molecule has 26 heavy (non-hydrogen) atoms. The predicted octanol–water partition coefficient (Wildman–Crippen LogP) is 3.47. The van der Waals surface area contributed by atoms with Gasteiger partial charge < -0.3 is 9.64 Å². The van der Waals surface area contributed by atoms with Gasteiger partial charge in [-0.25, -0.2) is 9.37 Å². The van der Waals surface area contributed by atoms with Crippen LogP contribution in [0.25, 0.3) is 5.69 Å². The fraction of sp³-hybridized carbons (Fsp3) is 0.200. The number of ether oxygens (including phenoxy) is 1. The number of aryl methyl sites for hydroxylation is 1. The number of amides is 1. The molecule has 1 aromatic heterocycles. The molecule has 1 amide bonds. The van der Waals surface area contributed by atoms with Gasteiger partial charge in [0.05, 0.1) is 19.1 Å². The summed E-state index contributed by atoms with van der Waals surface area (Å²) in [6.45, 7) is 2.80. The molecule has 0 atom stereocenters. The van der Waals surface area contributed by atoms with Crippen LogP contribution in [0, 0.1) is 12.7 Å². The van der Waals surface area contributed by atoms with E-state index in [9.17, 15) is 9.18 Å². The lowest BCUT2D eigenvalue weighted by atomic mass is 10.2. The molecule has 0 radical (unpaired) electrons. The van der Waals surface area contributed by atoms with Crippen LogP contribution in [0.15, 0.2) is 61.1 Å². The molecule has 0 aliphatic rings. The van der Waals surface area contributed by atoms with E-state index in [2.05, 4.69) is 4.98 Å². The van der Waals surface area contributed by atoms with Gasteiger partial charge in [-0.15, -0.1) is 0 Å². The highest BCUT2D eigenvalue weighted by Gasteiger charge is 2.17. The number of benzene rings is 2. The first kappa shape index (κ1) is 17.7. The molecule has 5 nitrogen and oxygen atoms in total. The number of rotatable bonds is 6. The topological polar surface area (TPSA) is 47.4 Å². The Morgan fingerprint density at radius 3 is 2.65 bits per heavy atom. The van der Waals surface area contributed by atoms with E-state index >= 15 is 0 Å². The maximum absolute atomic E-state index is 13.1. The van der Waals surface area contributed by atoms with Crippen molar-refractivity contribution in [3.8, 4) is 11.4 Å². The first-order chi connectivity index (χ1) is 12.6. The summed E-state index contributed by atoms with van der Waals surface area (Å²) < 4.78 is 20.5. The Balaban J connectivity index is 1.65. The van der Waals surface area contributed by atoms with Gasteiger partial charge in [0.25, 0.3) is 5.91 Å². The Kier molecular flexibility index (Phi) is 5.31. The second-order valence-corrected chi connectivity index (χ2v) is 5.97. The minimum Gasteiger partial charge on any atom is -0.491 e. The summed E-state index contributed by atoms with van der Waals surface area (Å²) in [5.74, 6) is 0.303. The molecular formula is C20H20FN3O2. The molecule has 0 saturated heterocycles. The SMILES string of the molecule is Cc1ccccc1OCCN(C)C(=O)c1cncn1-c1ccc(F)cc1. The van der Waals surface area contributed by atoms with Crippen LogP contribution in [-0.2, 0) is 0 Å². The summed E-state index contributed by atoms with van der Waals surface area (Å²) in [5, 5.41) is 0. The summed E-state index contributed by atoms with van der Waals surface area (Å²) in [7, 11) is 1.71. The molecule has 0 fully saturated rings. The molecular weight excluding hydrogens is 333 g/mol. The number of imidazole rings is 1. The maximum Gasteiger partial charge on any atom is 0.272 e. The number of nitrogens with zero attached hydrogens (tertiary/aromatic N) is 3. The molecule has 3 rings (SSSR count). The fourth-order valence-electron chi connectivity index (χ4n) is 2.57. The third-order valence-electron chi connectivity index (χ3n) is 4.09. The lowest BCUT2D eigenvalue weighted by Gasteiger charge is -2.18. The van der Waals surface area contributed by atoms with Crippen molar-refractivity contribution in [3.05, 3.63) is 78.1 Å². The predicted molar refractivity (Wildman–Crippen MR) is 97.2 cm³/mol. The average molecular weight is 353 g/mol. The monoisotopic (exact) mass is 353 g/mol. The van der Waals surface area contributed by atoms with Crippen LogP contribution in [0.3, 0.4) is 0 Å². The molecule has 0 saturated carbocycles. The van der Waals surface area contributed by atoms with E-state index in [4.69, 9.17) is 4.74 Å². The number of halogens is 1.